The van der Waals surface area contributed by atoms with E-state index in [0.29, 0.717) is 36.5 Å². The number of alkyl halides is 3. The number of anilines is 1. The maximum absolute atomic E-state index is 13.8. The lowest BCUT2D eigenvalue weighted by molar-refractivity contribution is -0.137. The van der Waals surface area contributed by atoms with Crippen LogP contribution in [0.2, 0.25) is 0 Å². The molecule has 0 saturated carbocycles. The Morgan fingerprint density at radius 1 is 1.06 bits per heavy atom. The van der Waals surface area contributed by atoms with Crippen LogP contribution < -0.4 is 15.0 Å². The highest BCUT2D eigenvalue weighted by molar-refractivity contribution is 5.90. The maximum atomic E-state index is 13.8. The van der Waals surface area contributed by atoms with E-state index in [0.717, 1.165) is 17.4 Å². The maximum Gasteiger partial charge on any atom is 0.418 e. The predicted molar refractivity (Wildman–Crippen MR) is 118 cm³/mol. The van der Waals surface area contributed by atoms with Gasteiger partial charge in [-0.25, -0.2) is 9.97 Å². The zero-order valence-corrected chi connectivity index (χ0v) is 17.7. The third-order valence-electron chi connectivity index (χ3n) is 5.76. The van der Waals surface area contributed by atoms with Crippen LogP contribution >= 0.6 is 0 Å². The van der Waals surface area contributed by atoms with Crippen LogP contribution in [0.4, 0.5) is 19.0 Å². The first-order valence-electron chi connectivity index (χ1n) is 10.4. The van der Waals surface area contributed by atoms with Gasteiger partial charge in [-0.3, -0.25) is 5.10 Å². The lowest BCUT2D eigenvalue weighted by atomic mass is 10.0. The molecule has 4 heterocycles. The Morgan fingerprint density at radius 3 is 2.73 bits per heavy atom. The highest BCUT2D eigenvalue weighted by Gasteiger charge is 2.36. The fourth-order valence-corrected chi connectivity index (χ4v) is 4.19. The fourth-order valence-electron chi connectivity index (χ4n) is 4.19. The summed E-state index contributed by atoms with van der Waals surface area (Å²) in [6.45, 7) is 1.78. The minimum atomic E-state index is -4.57. The lowest BCUT2D eigenvalue weighted by Gasteiger charge is -2.35. The molecular formula is C23H21F3N6O. The van der Waals surface area contributed by atoms with E-state index in [1.165, 1.54) is 6.07 Å². The number of methoxy groups -OCH3 is 1. The predicted octanol–water partition coefficient (Wildman–Crippen LogP) is 4.20. The number of pyridine rings is 2. The van der Waals surface area contributed by atoms with Crippen LogP contribution in [0.3, 0.4) is 0 Å². The van der Waals surface area contributed by atoms with Crippen LogP contribution in [0.25, 0.3) is 22.4 Å². The molecule has 1 saturated heterocycles. The largest absolute Gasteiger partial charge is 0.496 e. The minimum absolute atomic E-state index is 0.0575. The molecule has 170 valence electrons. The topological polar surface area (TPSA) is 79.0 Å². The number of aromatic nitrogens is 4. The molecular weight excluding hydrogens is 433 g/mol. The summed E-state index contributed by atoms with van der Waals surface area (Å²) in [6, 6.07) is 13.5. The van der Waals surface area contributed by atoms with Gasteiger partial charge >= 0.3 is 6.18 Å². The first kappa shape index (κ1) is 21.2. The third kappa shape index (κ3) is 3.97. The second-order valence-corrected chi connectivity index (χ2v) is 7.73. The third-order valence-corrected chi connectivity index (χ3v) is 5.76. The van der Waals surface area contributed by atoms with Gasteiger partial charge in [-0.2, -0.15) is 18.3 Å². The molecule has 1 aliphatic heterocycles. The van der Waals surface area contributed by atoms with Gasteiger partial charge in [0.1, 0.15) is 23.0 Å². The van der Waals surface area contributed by atoms with Gasteiger partial charge in [0.2, 0.25) is 0 Å². The molecule has 7 nitrogen and oxygen atoms in total. The van der Waals surface area contributed by atoms with E-state index in [9.17, 15) is 13.2 Å². The van der Waals surface area contributed by atoms with Crippen molar-refractivity contribution in [3.8, 4) is 17.1 Å². The smallest absolute Gasteiger partial charge is 0.418 e. The van der Waals surface area contributed by atoms with Crippen LogP contribution in [0, 0.1) is 0 Å². The van der Waals surface area contributed by atoms with Crippen molar-refractivity contribution in [2.75, 3.05) is 31.6 Å². The average molecular weight is 454 g/mol. The molecule has 1 aromatic carbocycles. The van der Waals surface area contributed by atoms with Crippen molar-refractivity contribution in [1.29, 1.82) is 0 Å². The number of ether oxygens (including phenoxy) is 1. The summed E-state index contributed by atoms with van der Waals surface area (Å²) in [5.41, 5.74) is 0.475. The monoisotopic (exact) mass is 454 g/mol. The number of aromatic amines is 1. The molecule has 1 atom stereocenters. The summed E-state index contributed by atoms with van der Waals surface area (Å²) in [5, 5.41) is 10.8. The number of para-hydroxylation sites is 1. The first-order valence-corrected chi connectivity index (χ1v) is 10.4. The van der Waals surface area contributed by atoms with Crippen LogP contribution in [0.15, 0.2) is 54.7 Å². The first-order chi connectivity index (χ1) is 16.0. The molecule has 3 aromatic heterocycles. The average Bonchev–Trinajstić information content (AvgIpc) is 3.27. The number of H-pyrrole nitrogens is 1. The van der Waals surface area contributed by atoms with Crippen molar-refractivity contribution in [3.63, 3.8) is 0 Å². The van der Waals surface area contributed by atoms with E-state index in [4.69, 9.17) is 4.74 Å². The van der Waals surface area contributed by atoms with Gasteiger partial charge in [-0.1, -0.05) is 18.2 Å². The molecule has 1 unspecified atom stereocenters. The van der Waals surface area contributed by atoms with Gasteiger partial charge in [0.25, 0.3) is 0 Å². The van der Waals surface area contributed by atoms with Crippen LogP contribution in [0.5, 0.6) is 5.75 Å². The Balaban J connectivity index is 1.55. The van der Waals surface area contributed by atoms with Crippen LogP contribution in [-0.4, -0.2) is 46.9 Å². The molecule has 1 fully saturated rings. The van der Waals surface area contributed by atoms with Gasteiger partial charge in [0, 0.05) is 36.8 Å². The molecule has 0 bridgehead atoms. The Labute approximate surface area is 187 Å². The number of hydrogen-bond donors (Lipinski definition) is 2. The summed E-state index contributed by atoms with van der Waals surface area (Å²) in [7, 11) is 1.62. The van der Waals surface area contributed by atoms with Gasteiger partial charge < -0.3 is 15.0 Å². The van der Waals surface area contributed by atoms with E-state index in [-0.39, 0.29) is 17.4 Å². The second kappa shape index (κ2) is 8.36. The SMILES string of the molecule is COc1ccccc1C1CN(c2ccc(C(F)(F)F)c(-c3n[nH]c4ncccc34)n2)CCN1. The number of benzene rings is 1. The van der Waals surface area contributed by atoms with Crippen LogP contribution in [-0.2, 0) is 6.18 Å². The molecule has 10 heteroatoms. The highest BCUT2D eigenvalue weighted by Crippen LogP contribution is 2.39. The Morgan fingerprint density at radius 2 is 1.91 bits per heavy atom. The standard InChI is InChI=1S/C23H21F3N6O/c1-33-18-7-3-2-5-14(18)17-13-32(12-11-27-17)19-9-8-16(23(24,25)26)21(29-19)20-15-6-4-10-28-22(15)31-30-20/h2-10,17,27H,11-13H2,1H3,(H,28,30,31). The number of piperazine rings is 1. The van der Waals surface area contributed by atoms with E-state index in [2.05, 4.69) is 25.5 Å². The Hall–Kier alpha value is -3.66. The van der Waals surface area contributed by atoms with E-state index < -0.39 is 11.7 Å². The van der Waals surface area contributed by atoms with Gasteiger partial charge in [-0.05, 0) is 30.3 Å². The number of nitrogens with one attached hydrogen (secondary N) is 2. The van der Waals surface area contributed by atoms with Gasteiger partial charge in [-0.15, -0.1) is 0 Å². The molecule has 0 spiro atoms. The van der Waals surface area contributed by atoms with Crippen molar-refractivity contribution in [3.05, 3.63) is 65.9 Å². The molecule has 2 N–H and O–H groups in total. The van der Waals surface area contributed by atoms with E-state index in [1.807, 2.05) is 29.2 Å². The summed E-state index contributed by atoms with van der Waals surface area (Å²) >= 11 is 0. The Bertz CT molecular complexity index is 1290. The molecule has 0 amide bonds. The molecule has 1 aliphatic rings. The number of fused-ring (bicyclic) bond motifs is 1. The molecule has 5 rings (SSSR count). The minimum Gasteiger partial charge on any atom is -0.496 e. The van der Waals surface area contributed by atoms with Crippen molar-refractivity contribution in [2.45, 2.75) is 12.2 Å². The van der Waals surface area contributed by atoms with Crippen molar-refractivity contribution in [2.24, 2.45) is 0 Å². The molecule has 0 aliphatic carbocycles. The number of halogens is 3. The summed E-state index contributed by atoms with van der Waals surface area (Å²) in [6.07, 6.45) is -3.02. The van der Waals surface area contributed by atoms with Gasteiger partial charge in [0.15, 0.2) is 5.65 Å². The van der Waals surface area contributed by atoms with E-state index in [1.54, 1.807) is 25.4 Å². The van der Waals surface area contributed by atoms with Crippen LogP contribution in [0.1, 0.15) is 17.2 Å². The lowest BCUT2D eigenvalue weighted by Crippen LogP contribution is -2.46. The molecule has 0 radical (unpaired) electrons. The second-order valence-electron chi connectivity index (χ2n) is 7.73. The number of hydrogen-bond acceptors (Lipinski definition) is 6. The molecule has 4 aromatic rings. The number of rotatable bonds is 4. The summed E-state index contributed by atoms with van der Waals surface area (Å²) in [4.78, 5) is 10.6. The zero-order valence-electron chi connectivity index (χ0n) is 17.7. The fraction of sp³-hybridized carbons (Fsp3) is 0.261. The Kier molecular flexibility index (Phi) is 5.37. The molecule has 33 heavy (non-hydrogen) atoms. The van der Waals surface area contributed by atoms with Crippen molar-refractivity contribution >= 4 is 16.9 Å². The van der Waals surface area contributed by atoms with Crippen molar-refractivity contribution < 1.29 is 17.9 Å². The summed E-state index contributed by atoms with van der Waals surface area (Å²) < 4.78 is 47.0. The zero-order chi connectivity index (χ0) is 23.0. The normalized spacial score (nSPS) is 16.8. The van der Waals surface area contributed by atoms with Crippen molar-refractivity contribution in [1.82, 2.24) is 25.5 Å². The quantitative estimate of drug-likeness (QED) is 0.481. The van der Waals surface area contributed by atoms with Gasteiger partial charge in [0.05, 0.1) is 18.7 Å². The van der Waals surface area contributed by atoms with E-state index >= 15 is 0 Å². The number of nitrogens with zero attached hydrogens (tertiary/aromatic N) is 4. The summed E-state index contributed by atoms with van der Waals surface area (Å²) in [5.74, 6) is 1.22. The highest BCUT2D eigenvalue weighted by atomic mass is 19.4.